The van der Waals surface area contributed by atoms with E-state index >= 15 is 0 Å². The van der Waals surface area contributed by atoms with Gasteiger partial charge in [0, 0.05) is 0 Å². The second-order valence-corrected chi connectivity index (χ2v) is 9.67. The van der Waals surface area contributed by atoms with Gasteiger partial charge in [0.1, 0.15) is 0 Å². The third-order valence-electron chi connectivity index (χ3n) is 3.42. The van der Waals surface area contributed by atoms with E-state index in [1.807, 2.05) is 0 Å². The van der Waals surface area contributed by atoms with Gasteiger partial charge in [0.2, 0.25) is 0 Å². The Labute approximate surface area is 161 Å². The second-order valence-electron chi connectivity index (χ2n) is 5.41. The van der Waals surface area contributed by atoms with Crippen molar-refractivity contribution in [1.29, 1.82) is 0 Å². The van der Waals surface area contributed by atoms with Crippen molar-refractivity contribution in [2.75, 3.05) is 0 Å². The minimum absolute atomic E-state index is 0.0741. The summed E-state index contributed by atoms with van der Waals surface area (Å²) in [6.45, 7) is 0. The first-order chi connectivity index (χ1) is 12.8. The number of fused-ring (bicyclic) bond motifs is 1. The first-order valence-corrected chi connectivity index (χ1v) is 11.6. The minimum atomic E-state index is -4.35. The van der Waals surface area contributed by atoms with E-state index in [4.69, 9.17) is 13.7 Å². The molecule has 0 atom stereocenters. The van der Waals surface area contributed by atoms with E-state index in [1.165, 1.54) is 36.4 Å². The maximum absolute atomic E-state index is 10.9. The Bertz CT molecular complexity index is 1250. The molecule has 0 radical (unpaired) electrons. The minimum Gasteiger partial charge on any atom is -0.282 e. The molecule has 12 heteroatoms. The van der Waals surface area contributed by atoms with Crippen LogP contribution in [0.15, 0.2) is 81.4 Å². The lowest BCUT2D eigenvalue weighted by atomic mass is 10.1. The van der Waals surface area contributed by atoms with Gasteiger partial charge in [-0.3, -0.25) is 13.7 Å². The first-order valence-electron chi connectivity index (χ1n) is 7.30. The van der Waals surface area contributed by atoms with Crippen molar-refractivity contribution in [1.82, 2.24) is 0 Å². The normalized spacial score (nSPS) is 12.2. The van der Waals surface area contributed by atoms with Gasteiger partial charge in [-0.1, -0.05) is 30.3 Å². The van der Waals surface area contributed by atoms with E-state index in [1.54, 1.807) is 18.2 Å². The Hall–Kier alpha value is -2.35. The van der Waals surface area contributed by atoms with Crippen LogP contribution in [0, 0.1) is 0 Å². The highest BCUT2D eigenvalue weighted by molar-refractivity contribution is 7.86. The fraction of sp³-hybridized carbons (Fsp3) is 0. The molecule has 0 heterocycles. The summed E-state index contributed by atoms with van der Waals surface area (Å²) in [7, 11) is -12.7. The monoisotopic (exact) mass is 446 g/mol. The molecule has 0 aliphatic heterocycles. The maximum Gasteiger partial charge on any atom is 0.294 e. The molecule has 0 aromatic heterocycles. The van der Waals surface area contributed by atoms with Crippen LogP contribution in [-0.2, 0) is 30.4 Å². The predicted octanol–water partition coefficient (Wildman–Crippen LogP) is 2.27. The molecule has 3 rings (SSSR count). The molecule has 28 heavy (non-hydrogen) atoms. The molecule has 0 bridgehead atoms. The van der Waals surface area contributed by atoms with E-state index in [2.05, 4.69) is 0 Å². The number of hydrogen-bond acceptors (Lipinski definition) is 6. The Morgan fingerprint density at radius 2 is 0.857 bits per heavy atom. The lowest BCUT2D eigenvalue weighted by Gasteiger charge is -2.03. The van der Waals surface area contributed by atoms with E-state index in [0.29, 0.717) is 5.39 Å². The van der Waals surface area contributed by atoms with E-state index in [-0.39, 0.29) is 20.1 Å². The number of rotatable bonds is 3. The summed E-state index contributed by atoms with van der Waals surface area (Å²) in [6.07, 6.45) is 0. The standard InChI is InChI=1S/C10H8O6S2.C6H6O3S/c11-17(12,13)9-3-1-7-2-4-10(18(14,15)16)6-8(7)5-9;7-10(8,9)6-4-2-1-3-5-6/h1-6H,(H,11,12,13)(H,14,15,16);1-5H,(H,7,8,9). The van der Waals surface area contributed by atoms with Gasteiger partial charge in [-0.2, -0.15) is 25.3 Å². The molecule has 0 saturated heterocycles. The van der Waals surface area contributed by atoms with Crippen LogP contribution in [0.25, 0.3) is 10.8 Å². The fourth-order valence-electron chi connectivity index (χ4n) is 2.12. The van der Waals surface area contributed by atoms with E-state index < -0.39 is 30.4 Å². The van der Waals surface area contributed by atoms with Crippen molar-refractivity contribution in [3.63, 3.8) is 0 Å². The van der Waals surface area contributed by atoms with Crippen molar-refractivity contribution >= 4 is 41.1 Å². The summed E-state index contributed by atoms with van der Waals surface area (Å²) in [4.78, 5) is -0.764. The van der Waals surface area contributed by atoms with E-state index in [0.717, 1.165) is 12.1 Å². The van der Waals surface area contributed by atoms with Crippen molar-refractivity contribution in [3.05, 3.63) is 66.7 Å². The highest BCUT2D eigenvalue weighted by Crippen LogP contribution is 2.22. The van der Waals surface area contributed by atoms with Gasteiger partial charge in [-0.05, 0) is 47.2 Å². The van der Waals surface area contributed by atoms with Crippen LogP contribution in [0.3, 0.4) is 0 Å². The fourth-order valence-corrected chi connectivity index (χ4v) is 3.65. The van der Waals surface area contributed by atoms with Gasteiger partial charge in [0.15, 0.2) is 0 Å². The Kier molecular flexibility index (Phi) is 6.23. The Morgan fingerprint density at radius 3 is 1.18 bits per heavy atom. The van der Waals surface area contributed by atoms with Crippen LogP contribution in [0.4, 0.5) is 0 Å². The van der Waals surface area contributed by atoms with Crippen molar-refractivity contribution in [2.24, 2.45) is 0 Å². The van der Waals surface area contributed by atoms with Gasteiger partial charge >= 0.3 is 0 Å². The zero-order valence-corrected chi connectivity index (χ0v) is 16.3. The number of hydrogen-bond donors (Lipinski definition) is 3. The Balaban J connectivity index is 0.000000237. The molecule has 0 saturated carbocycles. The lowest BCUT2D eigenvalue weighted by Crippen LogP contribution is -1.99. The summed E-state index contributed by atoms with van der Waals surface area (Å²) in [5.74, 6) is 0. The molecule has 0 aliphatic carbocycles. The maximum atomic E-state index is 10.9. The van der Waals surface area contributed by atoms with Crippen LogP contribution in [0.1, 0.15) is 0 Å². The van der Waals surface area contributed by atoms with Crippen LogP contribution in [0.2, 0.25) is 0 Å². The van der Waals surface area contributed by atoms with Gasteiger partial charge in [-0.25, -0.2) is 0 Å². The topological polar surface area (TPSA) is 163 Å². The molecular formula is C16H14O9S3. The Morgan fingerprint density at radius 1 is 0.464 bits per heavy atom. The molecule has 0 amide bonds. The predicted molar refractivity (Wildman–Crippen MR) is 99.8 cm³/mol. The quantitative estimate of drug-likeness (QED) is 0.512. The van der Waals surface area contributed by atoms with Crippen molar-refractivity contribution < 1.29 is 38.9 Å². The summed E-state index contributed by atoms with van der Waals surface area (Å²) in [5.41, 5.74) is 0. The molecule has 3 aromatic carbocycles. The van der Waals surface area contributed by atoms with Gasteiger partial charge < -0.3 is 0 Å². The van der Waals surface area contributed by atoms with Crippen molar-refractivity contribution in [3.8, 4) is 0 Å². The van der Waals surface area contributed by atoms with Crippen LogP contribution in [-0.4, -0.2) is 38.9 Å². The summed E-state index contributed by atoms with van der Waals surface area (Å²) in [5, 5.41) is 0.857. The zero-order valence-electron chi connectivity index (χ0n) is 13.9. The molecular weight excluding hydrogens is 432 g/mol. The van der Waals surface area contributed by atoms with Gasteiger partial charge in [-0.15, -0.1) is 0 Å². The van der Waals surface area contributed by atoms with Gasteiger partial charge in [0.05, 0.1) is 14.7 Å². The molecule has 3 N–H and O–H groups in total. The molecule has 3 aromatic rings. The highest BCUT2D eigenvalue weighted by atomic mass is 32.2. The summed E-state index contributed by atoms with van der Waals surface area (Å²) in [6, 6.07) is 14.9. The second kappa shape index (κ2) is 7.95. The SMILES string of the molecule is O=S(=O)(O)c1ccc2ccc(S(=O)(=O)O)cc2c1.O=S(=O)(O)c1ccccc1. The molecule has 150 valence electrons. The first kappa shape index (κ1) is 21.9. The van der Waals surface area contributed by atoms with Crippen LogP contribution in [0.5, 0.6) is 0 Å². The molecule has 0 unspecified atom stereocenters. The molecule has 0 aliphatic rings. The van der Waals surface area contributed by atoms with E-state index in [9.17, 15) is 25.3 Å². The third-order valence-corrected chi connectivity index (χ3v) is 5.99. The molecule has 9 nitrogen and oxygen atoms in total. The summed E-state index contributed by atoms with van der Waals surface area (Å²) < 4.78 is 90.8. The van der Waals surface area contributed by atoms with Crippen LogP contribution < -0.4 is 0 Å². The molecule has 0 fully saturated rings. The lowest BCUT2D eigenvalue weighted by molar-refractivity contribution is 0.481. The average Bonchev–Trinajstić information content (AvgIpc) is 2.60. The largest absolute Gasteiger partial charge is 0.294 e. The highest BCUT2D eigenvalue weighted by Gasteiger charge is 2.13. The average molecular weight is 446 g/mol. The zero-order chi connectivity index (χ0) is 21.2. The molecule has 0 spiro atoms. The van der Waals surface area contributed by atoms with Crippen molar-refractivity contribution in [2.45, 2.75) is 14.7 Å². The number of benzene rings is 3. The smallest absolute Gasteiger partial charge is 0.282 e. The third kappa shape index (κ3) is 5.82. The van der Waals surface area contributed by atoms with Crippen LogP contribution >= 0.6 is 0 Å². The van der Waals surface area contributed by atoms with Gasteiger partial charge in [0.25, 0.3) is 30.4 Å². The summed E-state index contributed by atoms with van der Waals surface area (Å²) >= 11 is 0.